The second kappa shape index (κ2) is 4.18. The summed E-state index contributed by atoms with van der Waals surface area (Å²) in [5.41, 5.74) is 3.00. The molecule has 3 heteroatoms. The Bertz CT molecular complexity index is 580. The molecule has 1 fully saturated rings. The first-order valence-corrected chi connectivity index (χ1v) is 7.51. The number of methoxy groups -OCH3 is 1. The van der Waals surface area contributed by atoms with Gasteiger partial charge in [0.25, 0.3) is 0 Å². The van der Waals surface area contributed by atoms with E-state index in [-0.39, 0.29) is 5.41 Å². The van der Waals surface area contributed by atoms with Gasteiger partial charge in [-0.15, -0.1) is 0 Å². The molecule has 2 heterocycles. The van der Waals surface area contributed by atoms with Crippen LogP contribution < -0.4 is 9.47 Å². The summed E-state index contributed by atoms with van der Waals surface area (Å²) in [4.78, 5) is 2.32. The Labute approximate surface area is 120 Å². The summed E-state index contributed by atoms with van der Waals surface area (Å²) in [6.45, 7) is 1.10. The van der Waals surface area contributed by atoms with Crippen LogP contribution in [0.1, 0.15) is 31.2 Å². The Kier molecular flexibility index (Phi) is 2.53. The first-order chi connectivity index (χ1) is 9.75. The van der Waals surface area contributed by atoms with Gasteiger partial charge in [0.15, 0.2) is 11.5 Å². The molecular formula is C17H21NO2. The number of ether oxygens (including phenoxy) is 2. The summed E-state index contributed by atoms with van der Waals surface area (Å²) in [7, 11) is 3.90. The maximum atomic E-state index is 6.34. The molecule has 2 atom stereocenters. The van der Waals surface area contributed by atoms with Crippen LogP contribution in [0.4, 0.5) is 0 Å². The van der Waals surface area contributed by atoms with Crippen molar-refractivity contribution in [2.45, 2.75) is 37.2 Å². The molecule has 0 bridgehead atoms. The topological polar surface area (TPSA) is 21.7 Å². The number of benzene rings is 1. The Balaban J connectivity index is 1.92. The Morgan fingerprint density at radius 3 is 3.15 bits per heavy atom. The molecule has 0 aromatic heterocycles. The standard InChI is InChI=1S/C17H21NO2/c1-18-10-9-17-12(11-18)5-3-8-15(17)20-16-13(17)6-4-7-14(16)19-2/h4,6-7,11,15H,3,5,8-10H2,1-2H3/t15-,17-/m1/s1. The van der Waals surface area contributed by atoms with Crippen LogP contribution in [-0.2, 0) is 5.41 Å². The average Bonchev–Trinajstić information content (AvgIpc) is 2.80. The molecule has 106 valence electrons. The van der Waals surface area contributed by atoms with Crippen molar-refractivity contribution >= 4 is 0 Å². The average molecular weight is 271 g/mol. The van der Waals surface area contributed by atoms with Gasteiger partial charge in [0.2, 0.25) is 0 Å². The van der Waals surface area contributed by atoms with E-state index in [0.29, 0.717) is 6.10 Å². The third-order valence-electron chi connectivity index (χ3n) is 5.21. The monoisotopic (exact) mass is 271 g/mol. The Morgan fingerprint density at radius 2 is 2.30 bits per heavy atom. The van der Waals surface area contributed by atoms with E-state index in [9.17, 15) is 0 Å². The minimum atomic E-state index is 0.106. The highest BCUT2D eigenvalue weighted by atomic mass is 16.5. The van der Waals surface area contributed by atoms with Crippen LogP contribution >= 0.6 is 0 Å². The molecule has 0 unspecified atom stereocenters. The molecule has 0 amide bonds. The van der Waals surface area contributed by atoms with E-state index < -0.39 is 0 Å². The van der Waals surface area contributed by atoms with Crippen molar-refractivity contribution in [3.63, 3.8) is 0 Å². The van der Waals surface area contributed by atoms with Crippen LogP contribution in [0.15, 0.2) is 30.0 Å². The van der Waals surface area contributed by atoms with E-state index in [0.717, 1.165) is 30.9 Å². The second-order valence-corrected chi connectivity index (χ2v) is 6.19. The predicted molar refractivity (Wildman–Crippen MR) is 78.3 cm³/mol. The molecule has 1 aromatic rings. The zero-order chi connectivity index (χ0) is 13.7. The van der Waals surface area contributed by atoms with Crippen molar-refractivity contribution in [3.8, 4) is 11.5 Å². The summed E-state index contributed by atoms with van der Waals surface area (Å²) < 4.78 is 11.8. The van der Waals surface area contributed by atoms with Gasteiger partial charge in [-0.25, -0.2) is 0 Å². The number of hydrogen-bond donors (Lipinski definition) is 0. The number of nitrogens with zero attached hydrogens (tertiary/aromatic N) is 1. The maximum absolute atomic E-state index is 6.34. The van der Waals surface area contributed by atoms with Crippen LogP contribution in [0, 0.1) is 0 Å². The molecule has 3 aliphatic rings. The number of rotatable bonds is 1. The van der Waals surface area contributed by atoms with Crippen LogP contribution in [0.25, 0.3) is 0 Å². The van der Waals surface area contributed by atoms with Crippen LogP contribution in [0.5, 0.6) is 11.5 Å². The lowest BCUT2D eigenvalue weighted by atomic mass is 9.62. The Hall–Kier alpha value is -1.64. The van der Waals surface area contributed by atoms with Crippen LogP contribution in [0.2, 0.25) is 0 Å². The SMILES string of the molecule is COc1cccc2c1O[C@@H]1CCCC3=CN(C)CC[C@@]321. The fraction of sp³-hybridized carbons (Fsp3) is 0.529. The van der Waals surface area contributed by atoms with Gasteiger partial charge in [0, 0.05) is 19.2 Å². The fourth-order valence-electron chi connectivity index (χ4n) is 4.27. The lowest BCUT2D eigenvalue weighted by Gasteiger charge is -2.45. The normalized spacial score (nSPS) is 30.8. The zero-order valence-electron chi connectivity index (χ0n) is 12.2. The third kappa shape index (κ3) is 1.41. The van der Waals surface area contributed by atoms with E-state index in [1.54, 1.807) is 12.7 Å². The largest absolute Gasteiger partial charge is 0.493 e. The van der Waals surface area contributed by atoms with Crippen molar-refractivity contribution in [1.82, 2.24) is 4.90 Å². The summed E-state index contributed by atoms with van der Waals surface area (Å²) in [6.07, 6.45) is 7.37. The molecule has 0 radical (unpaired) electrons. The minimum Gasteiger partial charge on any atom is -0.493 e. The highest BCUT2D eigenvalue weighted by molar-refractivity contribution is 5.58. The van der Waals surface area contributed by atoms with Gasteiger partial charge >= 0.3 is 0 Å². The summed E-state index contributed by atoms with van der Waals surface area (Å²) in [5, 5.41) is 0. The number of hydrogen-bond acceptors (Lipinski definition) is 3. The second-order valence-electron chi connectivity index (χ2n) is 6.19. The maximum Gasteiger partial charge on any atom is 0.165 e. The molecule has 20 heavy (non-hydrogen) atoms. The van der Waals surface area contributed by atoms with Crippen molar-refractivity contribution in [1.29, 1.82) is 0 Å². The quantitative estimate of drug-likeness (QED) is 0.783. The Morgan fingerprint density at radius 1 is 1.40 bits per heavy atom. The molecule has 1 spiro atoms. The third-order valence-corrected chi connectivity index (χ3v) is 5.21. The lowest BCUT2D eigenvalue weighted by molar-refractivity contribution is 0.111. The van der Waals surface area contributed by atoms with Gasteiger partial charge < -0.3 is 14.4 Å². The lowest BCUT2D eigenvalue weighted by Crippen LogP contribution is -2.47. The zero-order valence-corrected chi connectivity index (χ0v) is 12.2. The van der Waals surface area contributed by atoms with Gasteiger partial charge in [0.1, 0.15) is 6.10 Å². The van der Waals surface area contributed by atoms with Gasteiger partial charge in [-0.3, -0.25) is 0 Å². The summed E-state index contributed by atoms with van der Waals surface area (Å²) >= 11 is 0. The summed E-state index contributed by atoms with van der Waals surface area (Å²) in [5.74, 6) is 1.86. The van der Waals surface area contributed by atoms with Crippen LogP contribution in [0.3, 0.4) is 0 Å². The molecular weight excluding hydrogens is 250 g/mol. The molecule has 0 saturated heterocycles. The first kappa shape index (κ1) is 12.1. The summed E-state index contributed by atoms with van der Waals surface area (Å²) in [6, 6.07) is 6.34. The van der Waals surface area contributed by atoms with Gasteiger partial charge in [0.05, 0.1) is 12.5 Å². The highest BCUT2D eigenvalue weighted by Crippen LogP contribution is 2.58. The minimum absolute atomic E-state index is 0.106. The van der Waals surface area contributed by atoms with E-state index in [4.69, 9.17) is 9.47 Å². The van der Waals surface area contributed by atoms with Crippen molar-refractivity contribution < 1.29 is 9.47 Å². The van der Waals surface area contributed by atoms with E-state index in [2.05, 4.69) is 30.3 Å². The number of fused-ring (bicyclic) bond motifs is 1. The van der Waals surface area contributed by atoms with Crippen molar-refractivity contribution in [2.75, 3.05) is 20.7 Å². The molecule has 3 nitrogen and oxygen atoms in total. The van der Waals surface area contributed by atoms with E-state index >= 15 is 0 Å². The van der Waals surface area contributed by atoms with Crippen molar-refractivity contribution in [3.05, 3.63) is 35.5 Å². The fourth-order valence-corrected chi connectivity index (χ4v) is 4.27. The first-order valence-electron chi connectivity index (χ1n) is 7.51. The number of para-hydroxylation sites is 1. The smallest absolute Gasteiger partial charge is 0.165 e. The van der Waals surface area contributed by atoms with Crippen LogP contribution in [-0.4, -0.2) is 31.7 Å². The van der Waals surface area contributed by atoms with Gasteiger partial charge in [-0.2, -0.15) is 0 Å². The van der Waals surface area contributed by atoms with Gasteiger partial charge in [-0.05, 0) is 43.5 Å². The van der Waals surface area contributed by atoms with E-state index in [1.165, 1.54) is 18.4 Å². The highest BCUT2D eigenvalue weighted by Gasteiger charge is 2.54. The molecule has 1 saturated carbocycles. The van der Waals surface area contributed by atoms with Gasteiger partial charge in [-0.1, -0.05) is 12.1 Å². The molecule has 0 N–H and O–H groups in total. The molecule has 1 aliphatic carbocycles. The molecule has 1 aromatic carbocycles. The molecule has 2 aliphatic heterocycles. The predicted octanol–water partition coefficient (Wildman–Crippen LogP) is 3.10. The van der Waals surface area contributed by atoms with E-state index in [1.807, 2.05) is 6.07 Å². The molecule has 4 rings (SSSR count). The van der Waals surface area contributed by atoms with Crippen molar-refractivity contribution in [2.24, 2.45) is 0 Å².